The van der Waals surface area contributed by atoms with Crippen LogP contribution >= 0.6 is 23.2 Å². The van der Waals surface area contributed by atoms with Crippen molar-refractivity contribution in [1.82, 2.24) is 4.98 Å². The third-order valence-corrected chi connectivity index (χ3v) is 4.94. The molecule has 0 spiro atoms. The second-order valence-corrected chi connectivity index (χ2v) is 7.20. The molecular weight excluding hydrogens is 426 g/mol. The Balaban J connectivity index is 2.33. The molecule has 0 radical (unpaired) electrons. The molecule has 152 valence electrons. The summed E-state index contributed by atoms with van der Waals surface area (Å²) in [4.78, 5) is 16.6. The van der Waals surface area contributed by atoms with Gasteiger partial charge in [0.1, 0.15) is 0 Å². The first-order chi connectivity index (χ1) is 13.7. The predicted molar refractivity (Wildman–Crippen MR) is 107 cm³/mol. The van der Waals surface area contributed by atoms with Gasteiger partial charge >= 0.3 is 12.1 Å². The van der Waals surface area contributed by atoms with E-state index in [0.29, 0.717) is 32.1 Å². The summed E-state index contributed by atoms with van der Waals surface area (Å²) in [6, 6.07) is 11.5. The Kier molecular flexibility index (Phi) is 6.34. The summed E-state index contributed by atoms with van der Waals surface area (Å²) in [5.41, 5.74) is 0.697. The molecule has 0 bridgehead atoms. The average molecular weight is 442 g/mol. The number of aromatic nitrogens is 1. The van der Waals surface area contributed by atoms with Crippen molar-refractivity contribution in [3.8, 4) is 0 Å². The van der Waals surface area contributed by atoms with Crippen LogP contribution in [0, 0.1) is 0 Å². The topological polar surface area (TPSA) is 39.2 Å². The molecule has 0 aliphatic heterocycles. The van der Waals surface area contributed by atoms with Gasteiger partial charge in [-0.3, -0.25) is 0 Å². The van der Waals surface area contributed by atoms with Gasteiger partial charge in [-0.2, -0.15) is 13.2 Å². The van der Waals surface area contributed by atoms with Crippen LogP contribution in [0.4, 0.5) is 13.2 Å². The van der Waals surface area contributed by atoms with E-state index in [0.717, 1.165) is 0 Å². The predicted octanol–water partition coefficient (Wildman–Crippen LogP) is 6.41. The summed E-state index contributed by atoms with van der Waals surface area (Å²) in [5.74, 6) is -0.899. The van der Waals surface area contributed by atoms with Crippen LogP contribution in [-0.2, 0) is 17.6 Å². The van der Waals surface area contributed by atoms with Crippen molar-refractivity contribution in [2.24, 2.45) is 0 Å². The normalized spacial score (nSPS) is 11.7. The zero-order valence-corrected chi connectivity index (χ0v) is 16.8. The molecule has 0 amide bonds. The fourth-order valence-corrected chi connectivity index (χ4v) is 3.51. The molecule has 0 fully saturated rings. The highest BCUT2D eigenvalue weighted by molar-refractivity contribution is 6.31. The summed E-state index contributed by atoms with van der Waals surface area (Å²) in [5, 5.41) is 1.20. The first-order valence-corrected chi connectivity index (χ1v) is 9.53. The minimum atomic E-state index is -4.55. The Hall–Kier alpha value is -2.31. The van der Waals surface area contributed by atoms with Gasteiger partial charge in [0.05, 0.1) is 18.5 Å². The molecule has 3 aromatic rings. The smallest absolute Gasteiger partial charge is 0.393 e. The van der Waals surface area contributed by atoms with Crippen molar-refractivity contribution < 1.29 is 22.7 Å². The summed E-state index contributed by atoms with van der Waals surface area (Å²) < 4.78 is 45.2. The first-order valence-electron chi connectivity index (χ1n) is 8.78. The fourth-order valence-electron chi connectivity index (χ4n) is 3.13. The number of nitrogens with zero attached hydrogens (tertiary/aromatic N) is 1. The Bertz CT molecular complexity index is 1070. The number of hydrogen-bond acceptors (Lipinski definition) is 3. The first kappa shape index (κ1) is 21.4. The lowest BCUT2D eigenvalue weighted by Gasteiger charge is -2.18. The van der Waals surface area contributed by atoms with Crippen LogP contribution < -0.4 is 0 Å². The van der Waals surface area contributed by atoms with Gasteiger partial charge < -0.3 is 4.74 Å². The lowest BCUT2D eigenvalue weighted by molar-refractivity contribution is -0.127. The Labute approximate surface area is 175 Å². The number of rotatable bonds is 5. The molecule has 1 aromatic heterocycles. The van der Waals surface area contributed by atoms with Gasteiger partial charge in [0, 0.05) is 15.4 Å². The number of hydrogen-bond donors (Lipinski definition) is 0. The molecule has 0 saturated heterocycles. The summed E-state index contributed by atoms with van der Waals surface area (Å²) in [6.45, 7) is 1.59. The van der Waals surface area contributed by atoms with E-state index in [2.05, 4.69) is 4.98 Å². The molecule has 3 rings (SSSR count). The second-order valence-electron chi connectivity index (χ2n) is 6.36. The van der Waals surface area contributed by atoms with Gasteiger partial charge in [-0.1, -0.05) is 41.4 Å². The SMILES string of the molecule is CCOC(=O)c1nc2ccc(Cl)cc2c(Cc2ccccc2Cl)c1CC(F)(F)F. The minimum Gasteiger partial charge on any atom is -0.461 e. The molecule has 8 heteroatoms. The molecule has 2 aromatic carbocycles. The van der Waals surface area contributed by atoms with Crippen molar-refractivity contribution in [2.45, 2.75) is 25.9 Å². The third-order valence-electron chi connectivity index (χ3n) is 4.34. The number of esters is 1. The van der Waals surface area contributed by atoms with E-state index in [9.17, 15) is 18.0 Å². The number of ether oxygens (including phenoxy) is 1. The van der Waals surface area contributed by atoms with E-state index in [1.54, 1.807) is 49.4 Å². The lowest BCUT2D eigenvalue weighted by atomic mass is 9.92. The number of benzene rings is 2. The minimum absolute atomic E-state index is 0.0183. The van der Waals surface area contributed by atoms with Gasteiger partial charge in [0.15, 0.2) is 5.69 Å². The number of carbonyl (C=O) groups is 1. The van der Waals surface area contributed by atoms with E-state index in [4.69, 9.17) is 27.9 Å². The van der Waals surface area contributed by atoms with Crippen molar-refractivity contribution in [2.75, 3.05) is 6.61 Å². The van der Waals surface area contributed by atoms with Gasteiger partial charge in [0.2, 0.25) is 0 Å². The number of alkyl halides is 3. The van der Waals surface area contributed by atoms with E-state index >= 15 is 0 Å². The van der Waals surface area contributed by atoms with Crippen LogP contribution in [0.5, 0.6) is 0 Å². The highest BCUT2D eigenvalue weighted by Gasteiger charge is 2.33. The van der Waals surface area contributed by atoms with Gasteiger partial charge in [-0.15, -0.1) is 0 Å². The van der Waals surface area contributed by atoms with Gasteiger partial charge in [0.25, 0.3) is 0 Å². The molecule has 0 atom stereocenters. The summed E-state index contributed by atoms with van der Waals surface area (Å²) in [7, 11) is 0. The lowest BCUT2D eigenvalue weighted by Crippen LogP contribution is -2.20. The van der Waals surface area contributed by atoms with Crippen LogP contribution in [0.1, 0.15) is 34.1 Å². The summed E-state index contributed by atoms with van der Waals surface area (Å²) >= 11 is 12.3. The average Bonchev–Trinajstić information content (AvgIpc) is 2.64. The maximum Gasteiger partial charge on any atom is 0.393 e. The number of carbonyl (C=O) groups excluding carboxylic acids is 1. The summed E-state index contributed by atoms with van der Waals surface area (Å²) in [6.07, 6.45) is -5.79. The standard InChI is InChI=1S/C21H16Cl2F3NO2/c1-2-29-20(28)19-16(11-21(24,25)26)14(9-12-5-3-4-6-17(12)23)15-10-13(22)7-8-18(15)27-19/h3-8,10H,2,9,11H2,1H3. The Morgan fingerprint density at radius 3 is 2.48 bits per heavy atom. The van der Waals surface area contributed by atoms with Crippen molar-refractivity contribution >= 4 is 40.1 Å². The van der Waals surface area contributed by atoms with Crippen LogP contribution in [0.25, 0.3) is 10.9 Å². The van der Waals surface area contributed by atoms with E-state index < -0.39 is 18.6 Å². The van der Waals surface area contributed by atoms with E-state index in [1.807, 2.05) is 0 Å². The van der Waals surface area contributed by atoms with Crippen molar-refractivity contribution in [3.05, 3.63) is 74.9 Å². The molecule has 0 aliphatic carbocycles. The van der Waals surface area contributed by atoms with Gasteiger partial charge in [-0.05, 0) is 54.3 Å². The molecular formula is C21H16Cl2F3NO2. The van der Waals surface area contributed by atoms with Gasteiger partial charge in [-0.25, -0.2) is 9.78 Å². The highest BCUT2D eigenvalue weighted by atomic mass is 35.5. The number of pyridine rings is 1. The third kappa shape index (κ3) is 5.00. The molecule has 3 nitrogen and oxygen atoms in total. The quantitative estimate of drug-likeness (QED) is 0.429. The molecule has 0 aliphatic rings. The van der Waals surface area contributed by atoms with Crippen LogP contribution in [0.3, 0.4) is 0 Å². The maximum atomic E-state index is 13.4. The fraction of sp³-hybridized carbons (Fsp3) is 0.238. The highest BCUT2D eigenvalue weighted by Crippen LogP contribution is 2.34. The van der Waals surface area contributed by atoms with Crippen LogP contribution in [0.15, 0.2) is 42.5 Å². The second kappa shape index (κ2) is 8.59. The largest absolute Gasteiger partial charge is 0.461 e. The number of fused-ring (bicyclic) bond motifs is 1. The van der Waals surface area contributed by atoms with Crippen LogP contribution in [0.2, 0.25) is 10.0 Å². The molecule has 29 heavy (non-hydrogen) atoms. The van der Waals surface area contributed by atoms with E-state index in [1.165, 1.54) is 0 Å². The van der Waals surface area contributed by atoms with E-state index in [-0.39, 0.29) is 24.3 Å². The maximum absolute atomic E-state index is 13.4. The van der Waals surface area contributed by atoms with Crippen molar-refractivity contribution in [1.29, 1.82) is 0 Å². The molecule has 0 saturated carbocycles. The zero-order chi connectivity index (χ0) is 21.2. The monoisotopic (exact) mass is 441 g/mol. The molecule has 1 heterocycles. The Morgan fingerprint density at radius 1 is 1.10 bits per heavy atom. The van der Waals surface area contributed by atoms with Crippen molar-refractivity contribution in [3.63, 3.8) is 0 Å². The Morgan fingerprint density at radius 2 is 1.83 bits per heavy atom. The number of halogens is 5. The van der Waals surface area contributed by atoms with Crippen LogP contribution in [-0.4, -0.2) is 23.7 Å². The molecule has 0 unspecified atom stereocenters. The molecule has 0 N–H and O–H groups in total. The zero-order valence-electron chi connectivity index (χ0n) is 15.3.